The minimum atomic E-state index is -4.04. The van der Waals surface area contributed by atoms with E-state index in [-0.39, 0.29) is 34.1 Å². The molecule has 31 heavy (non-hydrogen) atoms. The molecule has 0 spiro atoms. The number of amides is 1. The molecule has 1 amide bonds. The largest absolute Gasteiger partial charge is 0.456 e. The number of aryl methyl sites for hydroxylation is 1. The summed E-state index contributed by atoms with van der Waals surface area (Å²) in [5, 5.41) is 10.9. The lowest BCUT2D eigenvalue weighted by molar-refractivity contribution is -0.384. The van der Waals surface area contributed by atoms with E-state index in [0.29, 0.717) is 0 Å². The monoisotopic (exact) mass is 442 g/mol. The van der Waals surface area contributed by atoms with Crippen LogP contribution in [-0.2, 0) is 21.4 Å². The molecule has 0 fully saturated rings. The van der Waals surface area contributed by atoms with E-state index in [9.17, 15) is 23.3 Å². The van der Waals surface area contributed by atoms with Crippen LogP contribution in [0.3, 0.4) is 0 Å². The third-order valence-electron chi connectivity index (χ3n) is 4.10. The summed E-state index contributed by atoms with van der Waals surface area (Å²) >= 11 is 0. The average Bonchev–Trinajstić information content (AvgIpc) is 2.70. The van der Waals surface area contributed by atoms with Gasteiger partial charge in [-0.05, 0) is 37.3 Å². The Hall–Kier alpha value is -3.99. The zero-order chi connectivity index (χ0) is 22.6. The van der Waals surface area contributed by atoms with Crippen molar-refractivity contribution in [2.24, 2.45) is 10.1 Å². The van der Waals surface area contributed by atoms with Crippen molar-refractivity contribution in [1.29, 1.82) is 0 Å². The zero-order valence-corrected chi connectivity index (χ0v) is 17.2. The molecule has 1 heterocycles. The number of sulfonamides is 1. The smallest absolute Gasteiger partial charge is 0.284 e. The van der Waals surface area contributed by atoms with Crippen LogP contribution >= 0.6 is 0 Å². The number of carbonyl (C=O) groups excluding carboxylic acids is 1. The van der Waals surface area contributed by atoms with Gasteiger partial charge in [0.2, 0.25) is 5.91 Å². The number of aromatic nitrogens is 1. The molecule has 11 heteroatoms. The summed E-state index contributed by atoms with van der Waals surface area (Å²) in [6.07, 6.45) is 1.34. The molecule has 0 radical (unpaired) electrons. The normalized spacial score (nSPS) is 11.8. The lowest BCUT2D eigenvalue weighted by Gasteiger charge is -2.10. The maximum atomic E-state index is 12.6. The highest BCUT2D eigenvalue weighted by atomic mass is 32.2. The first-order valence-corrected chi connectivity index (χ1v) is 10.4. The van der Waals surface area contributed by atoms with Gasteiger partial charge in [0.1, 0.15) is 23.5 Å². The summed E-state index contributed by atoms with van der Waals surface area (Å²) in [4.78, 5) is 21.8. The first-order valence-electron chi connectivity index (χ1n) is 8.93. The number of nitro groups is 1. The average molecular weight is 442 g/mol. The Kier molecular flexibility index (Phi) is 6.16. The van der Waals surface area contributed by atoms with E-state index in [1.54, 1.807) is 12.1 Å². The fraction of sp³-hybridized carbons (Fsp3) is 0.100. The van der Waals surface area contributed by atoms with Gasteiger partial charge >= 0.3 is 0 Å². The van der Waals surface area contributed by atoms with Gasteiger partial charge in [0.05, 0.1) is 15.9 Å². The third-order valence-corrected chi connectivity index (χ3v) is 5.39. The molecule has 160 valence electrons. The number of ether oxygens (including phenoxy) is 1. The van der Waals surface area contributed by atoms with Crippen molar-refractivity contribution in [2.75, 3.05) is 0 Å². The molecule has 2 aromatic carbocycles. The molecule has 0 atom stereocenters. The van der Waals surface area contributed by atoms with Crippen molar-refractivity contribution in [3.05, 3.63) is 88.0 Å². The number of hydrogen-bond acceptors (Lipinski definition) is 6. The van der Waals surface area contributed by atoms with Crippen LogP contribution in [0.15, 0.2) is 76.2 Å². The molecule has 3 aromatic rings. The standard InChI is InChI=1S/C20H18N4O6S/c1-14-5-8-18(9-6-14)31(28,29)22-20-10-7-17(12-23(20)13-19(21)25)30-16-4-2-3-15(11-16)24(26)27/h2-12H,13H2,1H3,(H2,21,25). The lowest BCUT2D eigenvalue weighted by Crippen LogP contribution is -2.28. The van der Waals surface area contributed by atoms with E-state index < -0.39 is 20.9 Å². The summed E-state index contributed by atoms with van der Waals surface area (Å²) in [6, 6.07) is 14.5. The van der Waals surface area contributed by atoms with Gasteiger partial charge in [-0.1, -0.05) is 23.8 Å². The Morgan fingerprint density at radius 2 is 1.84 bits per heavy atom. The first-order chi connectivity index (χ1) is 14.6. The summed E-state index contributed by atoms with van der Waals surface area (Å²) in [7, 11) is -4.04. The molecule has 0 saturated heterocycles. The van der Waals surface area contributed by atoms with Crippen LogP contribution in [0.4, 0.5) is 5.69 Å². The predicted octanol–water partition coefficient (Wildman–Crippen LogP) is 2.27. The lowest BCUT2D eigenvalue weighted by atomic mass is 10.2. The van der Waals surface area contributed by atoms with Crippen LogP contribution in [-0.4, -0.2) is 23.8 Å². The van der Waals surface area contributed by atoms with E-state index in [0.717, 1.165) is 5.56 Å². The molecular weight excluding hydrogens is 424 g/mol. The molecule has 0 aliphatic heterocycles. The van der Waals surface area contributed by atoms with E-state index in [1.165, 1.54) is 59.3 Å². The van der Waals surface area contributed by atoms with Crippen LogP contribution in [0.5, 0.6) is 11.5 Å². The van der Waals surface area contributed by atoms with Crippen molar-refractivity contribution < 1.29 is 22.9 Å². The Bertz CT molecular complexity index is 1310. The second-order valence-electron chi connectivity index (χ2n) is 6.55. The number of nitrogens with zero attached hydrogens (tertiary/aromatic N) is 3. The van der Waals surface area contributed by atoms with Crippen LogP contribution in [0, 0.1) is 17.0 Å². The third kappa shape index (κ3) is 5.54. The van der Waals surface area contributed by atoms with Gasteiger partial charge in [-0.3, -0.25) is 14.9 Å². The van der Waals surface area contributed by atoms with E-state index in [1.807, 2.05) is 6.92 Å². The Balaban J connectivity index is 2.01. The van der Waals surface area contributed by atoms with Crippen LogP contribution in [0.2, 0.25) is 0 Å². The van der Waals surface area contributed by atoms with Crippen LogP contribution in [0.25, 0.3) is 0 Å². The molecular formula is C20H18N4O6S. The Morgan fingerprint density at radius 3 is 2.48 bits per heavy atom. The van der Waals surface area contributed by atoms with Gasteiger partial charge in [0.25, 0.3) is 15.7 Å². The number of rotatable bonds is 7. The molecule has 0 aliphatic carbocycles. The summed E-state index contributed by atoms with van der Waals surface area (Å²) < 4.78 is 35.9. The fourth-order valence-electron chi connectivity index (χ4n) is 2.64. The van der Waals surface area contributed by atoms with Gasteiger partial charge in [-0.25, -0.2) is 0 Å². The molecule has 10 nitrogen and oxygen atoms in total. The van der Waals surface area contributed by atoms with E-state index >= 15 is 0 Å². The number of carbonyl (C=O) groups is 1. The van der Waals surface area contributed by atoms with Crippen LogP contribution < -0.4 is 16.0 Å². The number of benzene rings is 2. The number of pyridine rings is 1. The summed E-state index contributed by atoms with van der Waals surface area (Å²) in [5.41, 5.74) is 5.98. The van der Waals surface area contributed by atoms with Crippen molar-refractivity contribution >= 4 is 21.6 Å². The summed E-state index contributed by atoms with van der Waals surface area (Å²) in [6.45, 7) is 1.48. The maximum absolute atomic E-state index is 12.6. The SMILES string of the molecule is Cc1ccc(S(=O)(=O)N=c2ccc(Oc3cccc([N+](=O)[O-])c3)cn2CC(N)=O)cc1. The molecule has 0 unspecified atom stereocenters. The van der Waals surface area contributed by atoms with Crippen molar-refractivity contribution in [3.8, 4) is 11.5 Å². The quantitative estimate of drug-likeness (QED) is 0.438. The molecule has 1 aromatic heterocycles. The predicted molar refractivity (Wildman–Crippen MR) is 111 cm³/mol. The fourth-order valence-corrected chi connectivity index (χ4v) is 3.63. The Labute approximate surface area is 177 Å². The number of non-ortho nitro benzene ring substituents is 1. The zero-order valence-electron chi connectivity index (χ0n) is 16.3. The molecule has 0 bridgehead atoms. The topological polar surface area (TPSA) is 147 Å². The van der Waals surface area contributed by atoms with Gasteiger partial charge in [0.15, 0.2) is 0 Å². The Morgan fingerprint density at radius 1 is 1.13 bits per heavy atom. The number of hydrogen-bond donors (Lipinski definition) is 1. The van der Waals surface area contributed by atoms with Gasteiger partial charge in [-0.2, -0.15) is 8.42 Å². The molecule has 0 saturated carbocycles. The van der Waals surface area contributed by atoms with E-state index in [4.69, 9.17) is 10.5 Å². The maximum Gasteiger partial charge on any atom is 0.284 e. The molecule has 3 rings (SSSR count). The highest BCUT2D eigenvalue weighted by Gasteiger charge is 2.14. The second kappa shape index (κ2) is 8.79. The minimum Gasteiger partial charge on any atom is -0.456 e. The minimum absolute atomic E-state index is 0.000599. The first kappa shape index (κ1) is 21.7. The van der Waals surface area contributed by atoms with Gasteiger partial charge < -0.3 is 15.0 Å². The van der Waals surface area contributed by atoms with E-state index in [2.05, 4.69) is 4.40 Å². The number of nitrogens with two attached hydrogens (primary N) is 1. The van der Waals surface area contributed by atoms with Crippen molar-refractivity contribution in [1.82, 2.24) is 4.57 Å². The van der Waals surface area contributed by atoms with Crippen molar-refractivity contribution in [2.45, 2.75) is 18.4 Å². The van der Waals surface area contributed by atoms with Crippen LogP contribution in [0.1, 0.15) is 5.56 Å². The molecule has 0 aliphatic rings. The summed E-state index contributed by atoms with van der Waals surface area (Å²) in [5.74, 6) is -0.327. The highest BCUT2D eigenvalue weighted by molar-refractivity contribution is 7.90. The number of nitro benzene ring substituents is 1. The van der Waals surface area contributed by atoms with Gasteiger partial charge in [0, 0.05) is 12.3 Å². The highest BCUT2D eigenvalue weighted by Crippen LogP contribution is 2.24. The van der Waals surface area contributed by atoms with Crippen molar-refractivity contribution in [3.63, 3.8) is 0 Å². The van der Waals surface area contributed by atoms with Gasteiger partial charge in [-0.15, -0.1) is 4.40 Å². The number of primary amides is 1. The second-order valence-corrected chi connectivity index (χ2v) is 8.16. The molecule has 2 N–H and O–H groups in total.